The minimum Gasteiger partial charge on any atom is -0.394 e. The first kappa shape index (κ1) is 16.3. The van der Waals surface area contributed by atoms with E-state index in [1.54, 1.807) is 4.90 Å². The summed E-state index contributed by atoms with van der Waals surface area (Å²) in [7, 11) is 0. The minimum atomic E-state index is -4.59. The fourth-order valence-electron chi connectivity index (χ4n) is 3.01. The molecule has 0 aliphatic carbocycles. The van der Waals surface area contributed by atoms with E-state index in [1.165, 1.54) is 0 Å². The Labute approximate surface area is 136 Å². The van der Waals surface area contributed by atoms with Crippen LogP contribution in [0.25, 0.3) is 0 Å². The number of hydrogen-bond donors (Lipinski definition) is 1. The number of rotatable bonds is 2. The van der Waals surface area contributed by atoms with Crippen molar-refractivity contribution in [1.82, 2.24) is 4.98 Å². The van der Waals surface area contributed by atoms with Crippen molar-refractivity contribution >= 4 is 5.82 Å². The van der Waals surface area contributed by atoms with E-state index in [0.29, 0.717) is 13.0 Å². The van der Waals surface area contributed by atoms with E-state index >= 15 is 0 Å². The lowest BCUT2D eigenvalue weighted by atomic mass is 9.92. The summed E-state index contributed by atoms with van der Waals surface area (Å²) in [5.41, 5.74) is 0.889. The molecule has 2 aromatic rings. The van der Waals surface area contributed by atoms with E-state index in [-0.39, 0.29) is 18.0 Å². The van der Waals surface area contributed by atoms with Crippen LogP contribution in [0.3, 0.4) is 0 Å². The maximum atomic E-state index is 13.0. The van der Waals surface area contributed by atoms with Crippen LogP contribution in [0.4, 0.5) is 19.0 Å². The van der Waals surface area contributed by atoms with E-state index in [0.717, 1.165) is 23.3 Å². The minimum absolute atomic E-state index is 0.0409. The number of anilines is 1. The van der Waals surface area contributed by atoms with Crippen LogP contribution in [-0.4, -0.2) is 23.2 Å². The quantitative estimate of drug-likeness (QED) is 0.917. The van der Waals surface area contributed by atoms with E-state index in [2.05, 4.69) is 4.98 Å². The van der Waals surface area contributed by atoms with Gasteiger partial charge in [-0.2, -0.15) is 18.4 Å². The second-order valence-electron chi connectivity index (χ2n) is 5.52. The van der Waals surface area contributed by atoms with Crippen LogP contribution in [0, 0.1) is 11.3 Å². The highest BCUT2D eigenvalue weighted by molar-refractivity contribution is 5.58. The maximum absolute atomic E-state index is 13.0. The number of aromatic nitrogens is 1. The number of nitrogens with zero attached hydrogens (tertiary/aromatic N) is 3. The van der Waals surface area contributed by atoms with Crippen molar-refractivity contribution in [3.63, 3.8) is 0 Å². The molecule has 1 unspecified atom stereocenters. The molecule has 1 aromatic carbocycles. The van der Waals surface area contributed by atoms with Crippen molar-refractivity contribution in [3.8, 4) is 6.07 Å². The van der Waals surface area contributed by atoms with Gasteiger partial charge in [0.05, 0.1) is 18.2 Å². The average Bonchev–Trinajstić information content (AvgIpc) is 2.59. The third-order valence-electron chi connectivity index (χ3n) is 4.14. The molecule has 1 aliphatic heterocycles. The standard InChI is InChI=1S/C17H14F3N3O/c18-17(19,20)15-6-5-12(9-21)16(22-15)23-8-7-11-3-1-2-4-13(11)14(23)10-24/h1-6,14,24H,7-8,10H2. The average molecular weight is 333 g/mol. The summed E-state index contributed by atoms with van der Waals surface area (Å²) in [5, 5.41) is 19.0. The molecule has 0 bridgehead atoms. The molecule has 0 radical (unpaired) electrons. The predicted molar refractivity (Wildman–Crippen MR) is 81.3 cm³/mol. The Bertz CT molecular complexity index is 798. The molecule has 3 rings (SSSR count). The molecule has 0 fully saturated rings. The Hall–Kier alpha value is -2.59. The third-order valence-corrected chi connectivity index (χ3v) is 4.14. The highest BCUT2D eigenvalue weighted by Crippen LogP contribution is 2.36. The molecular formula is C17H14F3N3O. The lowest BCUT2D eigenvalue weighted by Crippen LogP contribution is -2.38. The van der Waals surface area contributed by atoms with E-state index in [4.69, 9.17) is 0 Å². The molecular weight excluding hydrogens is 319 g/mol. The fourth-order valence-corrected chi connectivity index (χ4v) is 3.01. The molecule has 24 heavy (non-hydrogen) atoms. The molecule has 0 spiro atoms. The van der Waals surface area contributed by atoms with Gasteiger partial charge < -0.3 is 10.0 Å². The van der Waals surface area contributed by atoms with Crippen LogP contribution in [0.15, 0.2) is 36.4 Å². The van der Waals surface area contributed by atoms with Crippen LogP contribution < -0.4 is 4.90 Å². The number of fused-ring (bicyclic) bond motifs is 1. The summed E-state index contributed by atoms with van der Waals surface area (Å²) >= 11 is 0. The van der Waals surface area contributed by atoms with Gasteiger partial charge in [-0.25, -0.2) is 4.98 Å². The Morgan fingerprint density at radius 1 is 1.25 bits per heavy atom. The zero-order valence-electron chi connectivity index (χ0n) is 12.6. The van der Waals surface area contributed by atoms with Gasteiger partial charge >= 0.3 is 6.18 Å². The monoisotopic (exact) mass is 333 g/mol. The topological polar surface area (TPSA) is 60.2 Å². The van der Waals surface area contributed by atoms with Gasteiger partial charge in [0.1, 0.15) is 17.6 Å². The lowest BCUT2D eigenvalue weighted by Gasteiger charge is -2.37. The number of alkyl halides is 3. The van der Waals surface area contributed by atoms with Crippen LogP contribution >= 0.6 is 0 Å². The van der Waals surface area contributed by atoms with E-state index in [9.17, 15) is 23.5 Å². The molecule has 0 saturated heterocycles. The van der Waals surface area contributed by atoms with Crippen molar-refractivity contribution in [3.05, 3.63) is 58.8 Å². The van der Waals surface area contributed by atoms with Gasteiger partial charge in [-0.15, -0.1) is 0 Å². The van der Waals surface area contributed by atoms with Crippen molar-refractivity contribution < 1.29 is 18.3 Å². The number of benzene rings is 1. The SMILES string of the molecule is N#Cc1ccc(C(F)(F)F)nc1N1CCc2ccccc2C1CO. The molecule has 1 aliphatic rings. The molecule has 0 saturated carbocycles. The van der Waals surface area contributed by atoms with Gasteiger partial charge in [-0.3, -0.25) is 0 Å². The number of nitriles is 1. The van der Waals surface area contributed by atoms with Crippen LogP contribution in [0.2, 0.25) is 0 Å². The summed E-state index contributed by atoms with van der Waals surface area (Å²) in [5.74, 6) is -0.0409. The summed E-state index contributed by atoms with van der Waals surface area (Å²) in [4.78, 5) is 5.26. The summed E-state index contributed by atoms with van der Waals surface area (Å²) < 4.78 is 38.9. The van der Waals surface area contributed by atoms with Gasteiger partial charge in [0, 0.05) is 6.54 Å². The van der Waals surface area contributed by atoms with Crippen molar-refractivity contribution in [2.24, 2.45) is 0 Å². The predicted octanol–water partition coefficient (Wildman–Crippen LogP) is 3.07. The highest BCUT2D eigenvalue weighted by Gasteiger charge is 2.35. The maximum Gasteiger partial charge on any atom is 0.433 e. The number of aliphatic hydroxyl groups excluding tert-OH is 1. The number of pyridine rings is 1. The zero-order valence-corrected chi connectivity index (χ0v) is 12.6. The molecule has 1 atom stereocenters. The molecule has 1 aromatic heterocycles. The molecule has 1 N–H and O–H groups in total. The zero-order chi connectivity index (χ0) is 17.3. The van der Waals surface area contributed by atoms with E-state index < -0.39 is 17.9 Å². The van der Waals surface area contributed by atoms with Crippen molar-refractivity contribution in [2.45, 2.75) is 18.6 Å². The first-order valence-corrected chi connectivity index (χ1v) is 7.39. The number of aliphatic hydroxyl groups is 1. The number of hydrogen-bond acceptors (Lipinski definition) is 4. The smallest absolute Gasteiger partial charge is 0.394 e. The van der Waals surface area contributed by atoms with E-state index in [1.807, 2.05) is 30.3 Å². The highest BCUT2D eigenvalue weighted by atomic mass is 19.4. The van der Waals surface area contributed by atoms with Crippen LogP contribution in [-0.2, 0) is 12.6 Å². The van der Waals surface area contributed by atoms with Gasteiger partial charge in [0.15, 0.2) is 0 Å². The fraction of sp³-hybridized carbons (Fsp3) is 0.294. The Balaban J connectivity index is 2.10. The van der Waals surface area contributed by atoms with Gasteiger partial charge in [-0.1, -0.05) is 24.3 Å². The normalized spacial score (nSPS) is 17.3. The molecule has 0 amide bonds. The first-order chi connectivity index (χ1) is 11.5. The summed E-state index contributed by atoms with van der Waals surface area (Å²) in [6.45, 7) is 0.102. The largest absolute Gasteiger partial charge is 0.433 e. The Morgan fingerprint density at radius 3 is 2.67 bits per heavy atom. The van der Waals surface area contributed by atoms with Crippen LogP contribution in [0.5, 0.6) is 0 Å². The second kappa shape index (κ2) is 6.13. The molecule has 4 nitrogen and oxygen atoms in total. The first-order valence-electron chi connectivity index (χ1n) is 7.39. The van der Waals surface area contributed by atoms with Crippen molar-refractivity contribution in [1.29, 1.82) is 5.26 Å². The number of halogens is 3. The van der Waals surface area contributed by atoms with Gasteiger partial charge in [0.2, 0.25) is 0 Å². The third kappa shape index (κ3) is 2.81. The lowest BCUT2D eigenvalue weighted by molar-refractivity contribution is -0.141. The Morgan fingerprint density at radius 2 is 2.00 bits per heavy atom. The molecule has 2 heterocycles. The summed E-state index contributed by atoms with van der Waals surface area (Å²) in [6, 6.07) is 10.7. The summed E-state index contributed by atoms with van der Waals surface area (Å²) in [6.07, 6.45) is -3.99. The van der Waals surface area contributed by atoms with Crippen LogP contribution in [0.1, 0.15) is 28.4 Å². The van der Waals surface area contributed by atoms with Gasteiger partial charge in [-0.05, 0) is 29.7 Å². The molecule has 124 valence electrons. The second-order valence-corrected chi connectivity index (χ2v) is 5.52. The van der Waals surface area contributed by atoms with Crippen molar-refractivity contribution in [2.75, 3.05) is 18.1 Å². The van der Waals surface area contributed by atoms with Gasteiger partial charge in [0.25, 0.3) is 0 Å². The molecule has 7 heteroatoms. The Kier molecular flexibility index (Phi) is 4.16.